The number of allylic oxidation sites excluding steroid dienone is 2. The van der Waals surface area contributed by atoms with Crippen molar-refractivity contribution in [2.24, 2.45) is 10.9 Å². The van der Waals surface area contributed by atoms with E-state index in [4.69, 9.17) is 14.5 Å². The average Bonchev–Trinajstić information content (AvgIpc) is 3.09. The molecule has 128 valence electrons. The molecule has 0 aromatic heterocycles. The molecule has 5 nitrogen and oxygen atoms in total. The number of rotatable bonds is 2. The number of carbonyl (C=O) groups is 1. The number of thioether (sulfide) groups is 1. The summed E-state index contributed by atoms with van der Waals surface area (Å²) in [5, 5.41) is 10.7. The molecule has 1 unspecified atom stereocenters. The van der Waals surface area contributed by atoms with Crippen molar-refractivity contribution in [2.45, 2.75) is 32.1 Å². The fraction of sp³-hybridized carbons (Fsp3) is 0.421. The van der Waals surface area contributed by atoms with Crippen LogP contribution >= 0.6 is 11.8 Å². The van der Waals surface area contributed by atoms with Crippen LogP contribution in [0, 0.1) is 17.2 Å². The number of benzene rings is 1. The number of ketones is 1. The van der Waals surface area contributed by atoms with Crippen molar-refractivity contribution in [3.63, 3.8) is 0 Å². The quantitative estimate of drug-likeness (QED) is 0.807. The molecule has 0 bridgehead atoms. The maximum absolute atomic E-state index is 12.7. The lowest BCUT2D eigenvalue weighted by molar-refractivity contribution is -0.116. The van der Waals surface area contributed by atoms with Gasteiger partial charge in [-0.3, -0.25) is 4.79 Å². The van der Waals surface area contributed by atoms with Crippen LogP contribution in [-0.2, 0) is 4.79 Å². The molecule has 1 aliphatic carbocycles. The lowest BCUT2D eigenvalue weighted by Gasteiger charge is -2.33. The SMILES string of the molecule is CCSC1=NC2=C(C(=O)CCC2)[C@H](c2ccc3c(c2)OCO3)C1C#N. The summed E-state index contributed by atoms with van der Waals surface area (Å²) in [5.74, 6) is 1.62. The van der Waals surface area contributed by atoms with E-state index in [9.17, 15) is 10.1 Å². The Hall–Kier alpha value is -2.26. The molecule has 1 aromatic rings. The highest BCUT2D eigenvalue weighted by molar-refractivity contribution is 8.14. The Kier molecular flexibility index (Phi) is 4.26. The Labute approximate surface area is 150 Å². The van der Waals surface area contributed by atoms with E-state index in [0.29, 0.717) is 17.9 Å². The van der Waals surface area contributed by atoms with Crippen LogP contribution in [0.3, 0.4) is 0 Å². The van der Waals surface area contributed by atoms with Crippen LogP contribution in [-0.4, -0.2) is 23.4 Å². The number of ether oxygens (including phenoxy) is 2. The Morgan fingerprint density at radius 3 is 2.96 bits per heavy atom. The van der Waals surface area contributed by atoms with Gasteiger partial charge in [-0.25, -0.2) is 4.99 Å². The van der Waals surface area contributed by atoms with E-state index in [1.165, 1.54) is 0 Å². The predicted octanol–water partition coefficient (Wildman–Crippen LogP) is 3.81. The summed E-state index contributed by atoms with van der Waals surface area (Å²) in [6, 6.07) is 8.10. The summed E-state index contributed by atoms with van der Waals surface area (Å²) >= 11 is 1.59. The topological polar surface area (TPSA) is 71.7 Å². The highest BCUT2D eigenvalue weighted by atomic mass is 32.2. The first-order valence-corrected chi connectivity index (χ1v) is 9.48. The van der Waals surface area contributed by atoms with Gasteiger partial charge in [0.25, 0.3) is 0 Å². The van der Waals surface area contributed by atoms with Crippen LogP contribution in [0.25, 0.3) is 0 Å². The van der Waals surface area contributed by atoms with Crippen LogP contribution < -0.4 is 9.47 Å². The van der Waals surface area contributed by atoms with Crippen LogP contribution in [0.1, 0.15) is 37.7 Å². The van der Waals surface area contributed by atoms with Gasteiger partial charge in [-0.2, -0.15) is 5.26 Å². The molecular formula is C19H18N2O3S. The Morgan fingerprint density at radius 2 is 2.16 bits per heavy atom. The fourth-order valence-electron chi connectivity index (χ4n) is 3.69. The number of carbonyl (C=O) groups excluding carboxylic acids is 1. The Morgan fingerprint density at radius 1 is 1.32 bits per heavy atom. The highest BCUT2D eigenvalue weighted by Crippen LogP contribution is 2.46. The van der Waals surface area contributed by atoms with Crippen molar-refractivity contribution >= 4 is 22.6 Å². The first-order valence-electron chi connectivity index (χ1n) is 8.49. The van der Waals surface area contributed by atoms with Gasteiger partial charge in [0.15, 0.2) is 17.3 Å². The molecule has 2 atom stereocenters. The standard InChI is InChI=1S/C19H18N2O3S/c1-2-25-19-12(9-20)17(18-13(21-19)4-3-5-14(18)22)11-6-7-15-16(8-11)24-10-23-15/h6-8,12,17H,2-5,10H2,1H3/t12?,17-/m1/s1. The summed E-state index contributed by atoms with van der Waals surface area (Å²) in [6.45, 7) is 2.25. The minimum absolute atomic E-state index is 0.119. The smallest absolute Gasteiger partial charge is 0.231 e. The summed E-state index contributed by atoms with van der Waals surface area (Å²) in [4.78, 5) is 17.4. The minimum atomic E-state index is -0.439. The average molecular weight is 354 g/mol. The third kappa shape index (κ3) is 2.73. The second-order valence-corrected chi connectivity index (χ2v) is 7.50. The summed E-state index contributed by atoms with van der Waals surface area (Å²) < 4.78 is 10.9. The molecule has 1 aromatic carbocycles. The van der Waals surface area contributed by atoms with Gasteiger partial charge in [0.1, 0.15) is 5.92 Å². The maximum atomic E-state index is 12.7. The van der Waals surface area contributed by atoms with Gasteiger partial charge in [-0.15, -0.1) is 11.8 Å². The largest absolute Gasteiger partial charge is 0.454 e. The van der Waals surface area contributed by atoms with Gasteiger partial charge >= 0.3 is 0 Å². The molecule has 0 spiro atoms. The number of hydrogen-bond donors (Lipinski definition) is 0. The third-order valence-electron chi connectivity index (χ3n) is 4.77. The zero-order chi connectivity index (χ0) is 17.4. The molecule has 2 heterocycles. The van der Waals surface area contributed by atoms with Crippen molar-refractivity contribution in [1.29, 1.82) is 5.26 Å². The molecule has 0 fully saturated rings. The van der Waals surface area contributed by atoms with E-state index in [2.05, 4.69) is 6.07 Å². The van der Waals surface area contributed by atoms with Gasteiger partial charge < -0.3 is 9.47 Å². The number of nitrogens with zero attached hydrogens (tertiary/aromatic N) is 2. The monoisotopic (exact) mass is 354 g/mol. The molecule has 25 heavy (non-hydrogen) atoms. The lowest BCUT2D eigenvalue weighted by atomic mass is 9.74. The number of fused-ring (bicyclic) bond motifs is 1. The highest BCUT2D eigenvalue weighted by Gasteiger charge is 2.40. The van der Waals surface area contributed by atoms with Crippen LogP contribution in [0.5, 0.6) is 11.5 Å². The molecule has 2 aliphatic heterocycles. The van der Waals surface area contributed by atoms with E-state index in [1.807, 2.05) is 25.1 Å². The molecule has 4 rings (SSSR count). The van der Waals surface area contributed by atoms with Crippen molar-refractivity contribution < 1.29 is 14.3 Å². The normalized spacial score (nSPS) is 24.6. The van der Waals surface area contributed by atoms with Crippen molar-refractivity contribution in [2.75, 3.05) is 12.5 Å². The third-order valence-corrected chi connectivity index (χ3v) is 5.70. The summed E-state index contributed by atoms with van der Waals surface area (Å²) in [6.07, 6.45) is 2.16. The van der Waals surface area contributed by atoms with Crippen LogP contribution in [0.2, 0.25) is 0 Å². The first kappa shape index (κ1) is 16.2. The Balaban J connectivity index is 1.85. The molecule has 0 N–H and O–H groups in total. The van der Waals surface area contributed by atoms with Gasteiger partial charge in [0, 0.05) is 23.6 Å². The van der Waals surface area contributed by atoms with Crippen molar-refractivity contribution in [3.8, 4) is 17.6 Å². The minimum Gasteiger partial charge on any atom is -0.454 e. The van der Waals surface area contributed by atoms with E-state index in [-0.39, 0.29) is 18.5 Å². The van der Waals surface area contributed by atoms with Crippen molar-refractivity contribution in [3.05, 3.63) is 35.0 Å². The molecule has 0 saturated carbocycles. The molecular weight excluding hydrogens is 336 g/mol. The van der Waals surface area contributed by atoms with Crippen LogP contribution in [0.15, 0.2) is 34.5 Å². The van der Waals surface area contributed by atoms with E-state index in [1.54, 1.807) is 11.8 Å². The second kappa shape index (κ2) is 6.57. The molecule has 3 aliphatic rings. The Bertz CT molecular complexity index is 838. The van der Waals surface area contributed by atoms with Crippen LogP contribution in [0.4, 0.5) is 0 Å². The maximum Gasteiger partial charge on any atom is 0.231 e. The molecule has 6 heteroatoms. The lowest BCUT2D eigenvalue weighted by Crippen LogP contribution is -2.30. The number of nitriles is 1. The predicted molar refractivity (Wildman–Crippen MR) is 95.9 cm³/mol. The van der Waals surface area contributed by atoms with Gasteiger partial charge in [-0.1, -0.05) is 13.0 Å². The first-order chi connectivity index (χ1) is 12.2. The summed E-state index contributed by atoms with van der Waals surface area (Å²) in [5.41, 5.74) is 2.50. The zero-order valence-electron chi connectivity index (χ0n) is 13.9. The second-order valence-electron chi connectivity index (χ2n) is 6.22. The van der Waals surface area contributed by atoms with E-state index >= 15 is 0 Å². The summed E-state index contributed by atoms with van der Waals surface area (Å²) in [7, 11) is 0. The molecule has 0 amide bonds. The molecule has 0 radical (unpaired) electrons. The van der Waals surface area contributed by atoms with E-state index in [0.717, 1.165) is 40.5 Å². The zero-order valence-corrected chi connectivity index (χ0v) is 14.8. The molecule has 0 saturated heterocycles. The number of Topliss-reactive ketones (excluding diaryl/α,β-unsaturated/α-hetero) is 1. The fourth-order valence-corrected chi connectivity index (χ4v) is 4.53. The van der Waals surface area contributed by atoms with E-state index < -0.39 is 5.92 Å². The van der Waals surface area contributed by atoms with Gasteiger partial charge in [0.05, 0.1) is 11.1 Å². The number of aliphatic imine (C=N–C) groups is 1. The van der Waals surface area contributed by atoms with Gasteiger partial charge in [0.2, 0.25) is 6.79 Å². The number of hydrogen-bond acceptors (Lipinski definition) is 6. The van der Waals surface area contributed by atoms with Gasteiger partial charge in [-0.05, 0) is 36.3 Å². The van der Waals surface area contributed by atoms with Crippen molar-refractivity contribution in [1.82, 2.24) is 0 Å².